The van der Waals surface area contributed by atoms with E-state index >= 15 is 0 Å². The molecule has 6 heteroatoms. The van der Waals surface area contributed by atoms with Gasteiger partial charge in [-0.25, -0.2) is 13.1 Å². The number of nitrogens with one attached hydrogen (secondary N) is 2. The first kappa shape index (κ1) is 16.3. The summed E-state index contributed by atoms with van der Waals surface area (Å²) in [6, 6.07) is 12.9. The zero-order valence-electron chi connectivity index (χ0n) is 12.9. The van der Waals surface area contributed by atoms with Crippen molar-refractivity contribution in [3.8, 4) is 5.75 Å². The fourth-order valence-corrected chi connectivity index (χ4v) is 3.24. The highest BCUT2D eigenvalue weighted by Crippen LogP contribution is 2.24. The van der Waals surface area contributed by atoms with Gasteiger partial charge in [-0.3, -0.25) is 0 Å². The predicted octanol–water partition coefficient (Wildman–Crippen LogP) is 2.52. The SMILES string of the molecule is CNS(=O)(=O)c1cccc(NCc2ccccc2OC)c1C. The lowest BCUT2D eigenvalue weighted by Gasteiger charge is -2.14. The molecule has 0 heterocycles. The summed E-state index contributed by atoms with van der Waals surface area (Å²) in [6.07, 6.45) is 0. The molecule has 0 spiro atoms. The van der Waals surface area contributed by atoms with Crippen molar-refractivity contribution in [3.05, 3.63) is 53.6 Å². The van der Waals surface area contributed by atoms with Crippen LogP contribution in [0.5, 0.6) is 5.75 Å². The van der Waals surface area contributed by atoms with E-state index in [-0.39, 0.29) is 4.90 Å². The van der Waals surface area contributed by atoms with E-state index in [1.54, 1.807) is 26.2 Å². The molecule has 2 rings (SSSR count). The largest absolute Gasteiger partial charge is 0.496 e. The highest BCUT2D eigenvalue weighted by molar-refractivity contribution is 7.89. The predicted molar refractivity (Wildman–Crippen MR) is 87.7 cm³/mol. The molecule has 0 unspecified atom stereocenters. The molecule has 0 aliphatic heterocycles. The molecule has 0 radical (unpaired) electrons. The summed E-state index contributed by atoms with van der Waals surface area (Å²) in [5.74, 6) is 0.798. The Kier molecular flexibility index (Phi) is 5.05. The van der Waals surface area contributed by atoms with Gasteiger partial charge in [-0.15, -0.1) is 0 Å². The maximum absolute atomic E-state index is 12.0. The minimum Gasteiger partial charge on any atom is -0.496 e. The molecule has 5 nitrogen and oxygen atoms in total. The highest BCUT2D eigenvalue weighted by Gasteiger charge is 2.16. The van der Waals surface area contributed by atoms with Gasteiger partial charge < -0.3 is 10.1 Å². The van der Waals surface area contributed by atoms with Crippen molar-refractivity contribution in [3.63, 3.8) is 0 Å². The van der Waals surface area contributed by atoms with Crippen molar-refractivity contribution in [1.29, 1.82) is 0 Å². The summed E-state index contributed by atoms with van der Waals surface area (Å²) in [4.78, 5) is 0.278. The van der Waals surface area contributed by atoms with E-state index in [2.05, 4.69) is 10.0 Å². The van der Waals surface area contributed by atoms with Crippen LogP contribution in [0.3, 0.4) is 0 Å². The molecule has 22 heavy (non-hydrogen) atoms. The van der Waals surface area contributed by atoms with E-state index in [0.29, 0.717) is 12.1 Å². The highest BCUT2D eigenvalue weighted by atomic mass is 32.2. The Morgan fingerprint density at radius 2 is 1.82 bits per heavy atom. The Labute approximate surface area is 131 Å². The Hall–Kier alpha value is -2.05. The third-order valence-corrected chi connectivity index (χ3v) is 5.06. The summed E-state index contributed by atoms with van der Waals surface area (Å²) >= 11 is 0. The molecular weight excluding hydrogens is 300 g/mol. The van der Waals surface area contributed by atoms with Crippen LogP contribution < -0.4 is 14.8 Å². The van der Waals surface area contributed by atoms with E-state index in [1.807, 2.05) is 30.3 Å². The quantitative estimate of drug-likeness (QED) is 0.858. The second-order valence-electron chi connectivity index (χ2n) is 4.80. The molecule has 118 valence electrons. The van der Waals surface area contributed by atoms with Crippen molar-refractivity contribution in [2.75, 3.05) is 19.5 Å². The number of methoxy groups -OCH3 is 1. The molecule has 0 bridgehead atoms. The Morgan fingerprint density at radius 1 is 1.09 bits per heavy atom. The minimum absolute atomic E-state index is 0.278. The zero-order valence-corrected chi connectivity index (χ0v) is 13.7. The summed E-state index contributed by atoms with van der Waals surface area (Å²) in [6.45, 7) is 2.34. The summed E-state index contributed by atoms with van der Waals surface area (Å²) in [5, 5.41) is 3.27. The standard InChI is InChI=1S/C16H20N2O3S/c1-12-14(8-6-10-16(12)22(19,20)17-2)18-11-13-7-4-5-9-15(13)21-3/h4-10,17-18H,11H2,1-3H3. The van der Waals surface area contributed by atoms with E-state index in [0.717, 1.165) is 17.0 Å². The molecule has 0 atom stereocenters. The number of anilines is 1. The van der Waals surface area contributed by atoms with Crippen LogP contribution in [0, 0.1) is 6.92 Å². The van der Waals surface area contributed by atoms with Crippen molar-refractivity contribution in [1.82, 2.24) is 4.72 Å². The van der Waals surface area contributed by atoms with Gasteiger partial charge in [0.2, 0.25) is 10.0 Å². The lowest BCUT2D eigenvalue weighted by atomic mass is 10.1. The van der Waals surface area contributed by atoms with Crippen molar-refractivity contribution < 1.29 is 13.2 Å². The van der Waals surface area contributed by atoms with Crippen LogP contribution in [0.25, 0.3) is 0 Å². The second-order valence-corrected chi connectivity index (χ2v) is 6.66. The lowest BCUT2D eigenvalue weighted by Crippen LogP contribution is -2.20. The third kappa shape index (κ3) is 3.40. The molecule has 2 N–H and O–H groups in total. The average molecular weight is 320 g/mol. The van der Waals surface area contributed by atoms with Crippen LogP contribution in [0.15, 0.2) is 47.4 Å². The Bertz CT molecular complexity index is 758. The average Bonchev–Trinajstić information content (AvgIpc) is 2.54. The second kappa shape index (κ2) is 6.81. The number of sulfonamides is 1. The molecule has 0 amide bonds. The van der Waals surface area contributed by atoms with Gasteiger partial charge in [-0.2, -0.15) is 0 Å². The van der Waals surface area contributed by atoms with E-state index in [9.17, 15) is 8.42 Å². The summed E-state index contributed by atoms with van der Waals surface area (Å²) < 4.78 is 31.6. The van der Waals surface area contributed by atoms with Crippen molar-refractivity contribution >= 4 is 15.7 Å². The van der Waals surface area contributed by atoms with Crippen LogP contribution in [-0.4, -0.2) is 22.6 Å². The van der Waals surface area contributed by atoms with E-state index in [1.165, 1.54) is 7.05 Å². The lowest BCUT2D eigenvalue weighted by molar-refractivity contribution is 0.410. The fourth-order valence-electron chi connectivity index (χ4n) is 2.25. The number of ether oxygens (including phenoxy) is 1. The monoisotopic (exact) mass is 320 g/mol. The Balaban J connectivity index is 2.26. The number of benzene rings is 2. The number of hydrogen-bond donors (Lipinski definition) is 2. The van der Waals surface area contributed by atoms with Crippen LogP contribution in [0.2, 0.25) is 0 Å². The van der Waals surface area contributed by atoms with Crippen LogP contribution in [0.4, 0.5) is 5.69 Å². The van der Waals surface area contributed by atoms with Gasteiger partial charge >= 0.3 is 0 Å². The van der Waals surface area contributed by atoms with Gasteiger partial charge in [0.05, 0.1) is 12.0 Å². The molecule has 0 fully saturated rings. The van der Waals surface area contributed by atoms with Gasteiger partial charge in [0, 0.05) is 17.8 Å². The van der Waals surface area contributed by atoms with Gasteiger partial charge in [-0.05, 0) is 37.7 Å². The number of hydrogen-bond acceptors (Lipinski definition) is 4. The van der Waals surface area contributed by atoms with Crippen LogP contribution in [0.1, 0.15) is 11.1 Å². The summed E-state index contributed by atoms with van der Waals surface area (Å²) in [5.41, 5.74) is 2.47. The topological polar surface area (TPSA) is 67.4 Å². The van der Waals surface area contributed by atoms with Gasteiger partial charge in [0.25, 0.3) is 0 Å². The molecule has 2 aromatic rings. The van der Waals surface area contributed by atoms with Crippen LogP contribution in [-0.2, 0) is 16.6 Å². The number of rotatable bonds is 6. The minimum atomic E-state index is -3.46. The summed E-state index contributed by atoms with van der Waals surface area (Å²) in [7, 11) is -0.426. The third-order valence-electron chi connectivity index (χ3n) is 3.50. The van der Waals surface area contributed by atoms with Gasteiger partial charge in [0.15, 0.2) is 0 Å². The molecular formula is C16H20N2O3S. The maximum Gasteiger partial charge on any atom is 0.240 e. The first-order chi connectivity index (χ1) is 10.5. The molecule has 0 aliphatic carbocycles. The van der Waals surface area contributed by atoms with Gasteiger partial charge in [0.1, 0.15) is 5.75 Å². The Morgan fingerprint density at radius 3 is 2.50 bits per heavy atom. The van der Waals surface area contributed by atoms with E-state index < -0.39 is 10.0 Å². The first-order valence-corrected chi connectivity index (χ1v) is 8.37. The van der Waals surface area contributed by atoms with Crippen molar-refractivity contribution in [2.24, 2.45) is 0 Å². The van der Waals surface area contributed by atoms with Crippen molar-refractivity contribution in [2.45, 2.75) is 18.4 Å². The molecule has 0 saturated heterocycles. The first-order valence-electron chi connectivity index (χ1n) is 6.88. The van der Waals surface area contributed by atoms with Crippen LogP contribution >= 0.6 is 0 Å². The maximum atomic E-state index is 12.0. The molecule has 2 aromatic carbocycles. The van der Waals surface area contributed by atoms with Gasteiger partial charge in [-0.1, -0.05) is 24.3 Å². The normalized spacial score (nSPS) is 11.2. The molecule has 0 aromatic heterocycles. The van der Waals surface area contributed by atoms with E-state index in [4.69, 9.17) is 4.74 Å². The number of para-hydroxylation sites is 1. The molecule has 0 saturated carbocycles. The smallest absolute Gasteiger partial charge is 0.240 e. The molecule has 0 aliphatic rings. The zero-order chi connectivity index (χ0) is 16.2. The fraction of sp³-hybridized carbons (Fsp3) is 0.250.